The van der Waals surface area contributed by atoms with Crippen molar-refractivity contribution < 1.29 is 14.1 Å². The molecule has 1 unspecified atom stereocenters. The molecule has 0 spiro atoms. The van der Waals surface area contributed by atoms with E-state index in [9.17, 15) is 4.79 Å². The number of nitrogens with zero attached hydrogens (tertiary/aromatic N) is 6. The third-order valence-electron chi connectivity index (χ3n) is 4.66. The predicted molar refractivity (Wildman–Crippen MR) is 104 cm³/mol. The minimum Gasteiger partial charge on any atom is -0.447 e. The van der Waals surface area contributed by atoms with Gasteiger partial charge in [0, 0.05) is 24.2 Å². The molecule has 29 heavy (non-hydrogen) atoms. The summed E-state index contributed by atoms with van der Waals surface area (Å²) < 4.78 is 10.6. The van der Waals surface area contributed by atoms with Crippen LogP contribution >= 0.6 is 0 Å². The van der Waals surface area contributed by atoms with E-state index in [0.717, 1.165) is 5.56 Å². The normalized spacial score (nSPS) is 17.4. The van der Waals surface area contributed by atoms with Gasteiger partial charge in [0.15, 0.2) is 0 Å². The van der Waals surface area contributed by atoms with Crippen LogP contribution in [0.15, 0.2) is 41.3 Å². The number of amides is 1. The lowest BCUT2D eigenvalue weighted by Crippen LogP contribution is -2.37. The molecule has 10 nitrogen and oxygen atoms in total. The molecule has 0 aliphatic carbocycles. The molecule has 1 fully saturated rings. The summed E-state index contributed by atoms with van der Waals surface area (Å²) in [5.41, 5.74) is 0.813. The molecule has 1 N–H and O–H groups in total. The smallest absolute Gasteiger partial charge is 0.415 e. The number of anilines is 2. The predicted octanol–water partition coefficient (Wildman–Crippen LogP) is 3.08. The number of hydrogen-bond donors (Lipinski definition) is 1. The molecule has 1 saturated heterocycles. The third kappa shape index (κ3) is 3.86. The number of rotatable bonds is 6. The molecule has 4 heterocycles. The Balaban J connectivity index is 1.51. The van der Waals surface area contributed by atoms with Crippen molar-refractivity contribution in [2.75, 3.05) is 16.8 Å². The van der Waals surface area contributed by atoms with Crippen LogP contribution in [0.1, 0.15) is 32.7 Å². The van der Waals surface area contributed by atoms with Gasteiger partial charge >= 0.3 is 6.09 Å². The van der Waals surface area contributed by atoms with E-state index >= 15 is 0 Å². The third-order valence-corrected chi connectivity index (χ3v) is 4.66. The molecular formula is C19H21N7O3. The van der Waals surface area contributed by atoms with Crippen LogP contribution in [0.25, 0.3) is 11.4 Å². The lowest BCUT2D eigenvalue weighted by atomic mass is 10.0. The highest BCUT2D eigenvalue weighted by Gasteiger charge is 2.37. The highest BCUT2D eigenvalue weighted by Crippen LogP contribution is 2.27. The zero-order valence-corrected chi connectivity index (χ0v) is 16.3. The molecule has 4 rings (SSSR count). The van der Waals surface area contributed by atoms with Gasteiger partial charge in [0.05, 0.1) is 6.04 Å². The maximum absolute atomic E-state index is 12.2. The van der Waals surface area contributed by atoms with Crippen molar-refractivity contribution in [3.8, 4) is 11.4 Å². The minimum atomic E-state index is -0.403. The summed E-state index contributed by atoms with van der Waals surface area (Å²) in [5, 5.41) is 7.14. The van der Waals surface area contributed by atoms with E-state index in [1.54, 1.807) is 41.7 Å². The molecule has 10 heteroatoms. The summed E-state index contributed by atoms with van der Waals surface area (Å²) in [5.74, 6) is 1.94. The van der Waals surface area contributed by atoms with Gasteiger partial charge in [-0.1, -0.05) is 19.0 Å². The fourth-order valence-electron chi connectivity index (χ4n) is 3.03. The molecule has 0 bridgehead atoms. The standard InChI is InChI=1S/C19H21N7O3/c1-11(2)14-10-28-19(27)26(14)15-6-9-21-18(23-15)22-12(3)17-24-16(25-29-17)13-4-7-20-8-5-13/h4-9,11-12,14H,10H2,1-3H3,(H,21,22,23)/t12-,14?/m0/s1. The van der Waals surface area contributed by atoms with E-state index in [-0.39, 0.29) is 18.0 Å². The highest BCUT2D eigenvalue weighted by atomic mass is 16.6. The van der Waals surface area contributed by atoms with Gasteiger partial charge in [-0.15, -0.1) is 0 Å². The van der Waals surface area contributed by atoms with Gasteiger partial charge in [-0.2, -0.15) is 9.97 Å². The first-order chi connectivity index (χ1) is 14.0. The van der Waals surface area contributed by atoms with Gasteiger partial charge in [0.1, 0.15) is 18.5 Å². The van der Waals surface area contributed by atoms with Crippen molar-refractivity contribution in [3.63, 3.8) is 0 Å². The Bertz CT molecular complexity index is 992. The van der Waals surface area contributed by atoms with Crippen LogP contribution in [0.3, 0.4) is 0 Å². The van der Waals surface area contributed by atoms with E-state index < -0.39 is 6.09 Å². The Morgan fingerprint density at radius 2 is 1.93 bits per heavy atom. The Labute approximate surface area is 167 Å². The second-order valence-corrected chi connectivity index (χ2v) is 7.05. The van der Waals surface area contributed by atoms with E-state index in [2.05, 4.69) is 30.4 Å². The summed E-state index contributed by atoms with van der Waals surface area (Å²) >= 11 is 0. The Morgan fingerprint density at radius 1 is 1.14 bits per heavy atom. The maximum atomic E-state index is 12.2. The van der Waals surface area contributed by atoms with E-state index in [1.807, 2.05) is 20.8 Å². The maximum Gasteiger partial charge on any atom is 0.415 e. The summed E-state index contributed by atoms with van der Waals surface area (Å²) in [6, 6.07) is 4.90. The van der Waals surface area contributed by atoms with Gasteiger partial charge in [0.25, 0.3) is 0 Å². The average Bonchev–Trinajstić information content (AvgIpc) is 3.36. The van der Waals surface area contributed by atoms with Crippen molar-refractivity contribution in [2.45, 2.75) is 32.9 Å². The number of cyclic esters (lactones) is 1. The van der Waals surface area contributed by atoms with Crippen LogP contribution in [0, 0.1) is 5.92 Å². The summed E-state index contributed by atoms with van der Waals surface area (Å²) in [6.07, 6.45) is 4.52. The lowest BCUT2D eigenvalue weighted by Gasteiger charge is -2.23. The van der Waals surface area contributed by atoms with Crippen molar-refractivity contribution in [1.82, 2.24) is 25.1 Å². The van der Waals surface area contributed by atoms with Gasteiger partial charge in [-0.3, -0.25) is 9.88 Å². The second-order valence-electron chi connectivity index (χ2n) is 7.05. The van der Waals surface area contributed by atoms with Gasteiger partial charge in [-0.25, -0.2) is 9.78 Å². The van der Waals surface area contributed by atoms with Crippen LogP contribution in [0.4, 0.5) is 16.6 Å². The van der Waals surface area contributed by atoms with Crippen molar-refractivity contribution in [3.05, 3.63) is 42.7 Å². The average molecular weight is 395 g/mol. The molecule has 3 aromatic heterocycles. The number of carbonyl (C=O) groups is 1. The molecule has 3 aromatic rings. The van der Waals surface area contributed by atoms with Crippen molar-refractivity contribution >= 4 is 17.9 Å². The highest BCUT2D eigenvalue weighted by molar-refractivity contribution is 5.89. The van der Waals surface area contributed by atoms with Crippen LogP contribution in [0.5, 0.6) is 0 Å². The van der Waals surface area contributed by atoms with E-state index in [4.69, 9.17) is 9.26 Å². The summed E-state index contributed by atoms with van der Waals surface area (Å²) in [6.45, 7) is 6.29. The van der Waals surface area contributed by atoms with Gasteiger partial charge in [0.2, 0.25) is 17.7 Å². The first-order valence-corrected chi connectivity index (χ1v) is 9.32. The van der Waals surface area contributed by atoms with Gasteiger partial charge in [-0.05, 0) is 31.0 Å². The largest absolute Gasteiger partial charge is 0.447 e. The zero-order valence-electron chi connectivity index (χ0n) is 16.3. The first kappa shape index (κ1) is 18.8. The molecule has 0 aromatic carbocycles. The molecule has 0 saturated carbocycles. The van der Waals surface area contributed by atoms with Crippen LogP contribution in [-0.4, -0.2) is 43.8 Å². The van der Waals surface area contributed by atoms with Gasteiger partial charge < -0.3 is 14.6 Å². The van der Waals surface area contributed by atoms with Crippen LogP contribution in [-0.2, 0) is 4.74 Å². The number of nitrogens with one attached hydrogen (secondary N) is 1. The Hall–Kier alpha value is -3.56. The minimum absolute atomic E-state index is 0.0680. The Morgan fingerprint density at radius 3 is 2.69 bits per heavy atom. The van der Waals surface area contributed by atoms with Crippen molar-refractivity contribution in [1.29, 1.82) is 0 Å². The second kappa shape index (κ2) is 7.82. The number of hydrogen-bond acceptors (Lipinski definition) is 9. The molecular weight excluding hydrogens is 374 g/mol. The molecule has 2 atom stereocenters. The molecule has 1 aliphatic heterocycles. The number of ether oxygens (including phenoxy) is 1. The lowest BCUT2D eigenvalue weighted by molar-refractivity contribution is 0.177. The molecule has 0 radical (unpaired) electrons. The molecule has 1 aliphatic rings. The van der Waals surface area contributed by atoms with Crippen LogP contribution < -0.4 is 10.2 Å². The van der Waals surface area contributed by atoms with Crippen molar-refractivity contribution in [2.24, 2.45) is 5.92 Å². The number of pyridine rings is 1. The number of aromatic nitrogens is 5. The van der Waals surface area contributed by atoms with Crippen LogP contribution in [0.2, 0.25) is 0 Å². The fraction of sp³-hybridized carbons (Fsp3) is 0.368. The van der Waals surface area contributed by atoms with E-state index in [0.29, 0.717) is 30.1 Å². The zero-order chi connectivity index (χ0) is 20.4. The topological polar surface area (TPSA) is 119 Å². The SMILES string of the molecule is CC(C)C1COC(=O)N1c1ccnc(N[C@@H](C)c2nc(-c3ccncc3)no2)n1. The van der Waals surface area contributed by atoms with E-state index in [1.165, 1.54) is 0 Å². The molecule has 1 amide bonds. The Kier molecular flexibility index (Phi) is 5.07. The summed E-state index contributed by atoms with van der Waals surface area (Å²) in [4.78, 5) is 30.8. The monoisotopic (exact) mass is 395 g/mol. The molecule has 150 valence electrons. The number of carbonyl (C=O) groups excluding carboxylic acids is 1. The summed E-state index contributed by atoms with van der Waals surface area (Å²) in [7, 11) is 0. The first-order valence-electron chi connectivity index (χ1n) is 9.32. The fourth-order valence-corrected chi connectivity index (χ4v) is 3.03. The quantitative estimate of drug-likeness (QED) is 0.671.